The molecule has 6 aromatic heterocycles. The van der Waals surface area contributed by atoms with E-state index in [2.05, 4.69) is 66.6 Å². The Morgan fingerprint density at radius 3 is 1.08 bits per heavy atom. The summed E-state index contributed by atoms with van der Waals surface area (Å²) in [6, 6.07) is 46.5. The topological polar surface area (TPSA) is 395 Å². The molecule has 4 fully saturated rings. The Morgan fingerprint density at radius 1 is 0.425 bits per heavy atom. The summed E-state index contributed by atoms with van der Waals surface area (Å²) >= 11 is 6.42. The van der Waals surface area contributed by atoms with Gasteiger partial charge in [-0.05, 0) is 166 Å². The number of Topliss-reactive ketones (excluding diaryl/α,β-unsaturated/α-hetero) is 4. The first kappa shape index (κ1) is 108. The van der Waals surface area contributed by atoms with Crippen LogP contribution in [0.15, 0.2) is 189 Å². The Morgan fingerprint density at radius 2 is 0.760 bits per heavy atom. The molecule has 33 heteroatoms. The SMILES string of the molecule is CCC(C(=O)N1C[C@H](O)C[C@H]1C(=O)CCc1ccc(-c2scnc2C)cc1)c1cc(C)no1.Cc1cc([C@H](C(=O)N2C[C@H](O)C[C@H]2C(=O)CCc2ccc(-c3scnc3C)cc2)C(C)C)on1.Cc1ncsc1-c1ccc(CCC(=O)[C@@H]2C[C@@](C)(O)CN2C(=O)[C@H](C(C)C)N2Cc3ccccc3C2=O)cc1.Cc1ncsc1-c1ccc(CCC(=O)[C@@H]2C[C@@](O)(CO)CN2C(=O)[C@H](C(C)C)N2Cc3ccccc3C2=O)cc1. The van der Waals surface area contributed by atoms with Crippen LogP contribution in [-0.4, -0.2) is 236 Å². The molecule has 6 amide bonds. The molecule has 1 unspecified atom stereocenters. The van der Waals surface area contributed by atoms with Gasteiger partial charge in [0.05, 0.1) is 143 Å². The first-order valence-corrected chi connectivity index (χ1v) is 53.7. The molecule has 6 aliphatic heterocycles. The fraction of sp³-hybridized carbons (Fsp3) is 0.434. The number of aliphatic hydroxyl groups is 5. The highest BCUT2D eigenvalue weighted by atomic mass is 32.1. The lowest BCUT2D eigenvalue weighted by molar-refractivity contribution is -0.143. The number of carbonyl (C=O) groups is 10. The molecule has 12 aromatic rings. The van der Waals surface area contributed by atoms with E-state index >= 15 is 0 Å². The maximum atomic E-state index is 14.0. The van der Waals surface area contributed by atoms with Gasteiger partial charge in [0.15, 0.2) is 23.1 Å². The molecule has 0 spiro atoms. The third-order valence-corrected chi connectivity index (χ3v) is 32.5. The van der Waals surface area contributed by atoms with E-state index in [1.807, 2.05) is 196 Å². The number of thiazole rings is 4. The van der Waals surface area contributed by atoms with Crippen molar-refractivity contribution in [1.29, 1.82) is 0 Å². The molecule has 12 atom stereocenters. The monoisotopic (exact) mass is 2050 g/mol. The lowest BCUT2D eigenvalue weighted by atomic mass is 9.91. The second kappa shape index (κ2) is 47.2. The van der Waals surface area contributed by atoms with E-state index in [-0.39, 0.29) is 141 Å². The van der Waals surface area contributed by atoms with Gasteiger partial charge in [0.2, 0.25) is 23.6 Å². The smallest absolute Gasteiger partial charge is 0.255 e. The summed E-state index contributed by atoms with van der Waals surface area (Å²) in [6.45, 7) is 27.0. The van der Waals surface area contributed by atoms with Gasteiger partial charge in [0, 0.05) is 101 Å². The number of carbonyl (C=O) groups excluding carboxylic acids is 10. The van der Waals surface area contributed by atoms with Crippen LogP contribution in [0.3, 0.4) is 0 Å². The predicted octanol–water partition coefficient (Wildman–Crippen LogP) is 16.7. The highest BCUT2D eigenvalue weighted by molar-refractivity contribution is 7.14. The average Bonchev–Trinajstić information content (AvgIpc) is 1.61. The van der Waals surface area contributed by atoms with Crippen LogP contribution in [0.5, 0.6) is 0 Å². The van der Waals surface area contributed by atoms with Gasteiger partial charge < -0.3 is 64.0 Å². The highest BCUT2D eigenvalue weighted by Gasteiger charge is 2.53. The molecule has 146 heavy (non-hydrogen) atoms. The van der Waals surface area contributed by atoms with E-state index in [1.165, 1.54) is 14.7 Å². The third kappa shape index (κ3) is 24.8. The van der Waals surface area contributed by atoms with Crippen molar-refractivity contribution in [3.63, 3.8) is 0 Å². The second-order valence-electron chi connectivity index (χ2n) is 40.7. The van der Waals surface area contributed by atoms with E-state index in [0.717, 1.165) is 97.9 Å². The van der Waals surface area contributed by atoms with E-state index in [9.17, 15) is 73.5 Å². The van der Waals surface area contributed by atoms with Crippen molar-refractivity contribution in [1.82, 2.24) is 59.6 Å². The van der Waals surface area contributed by atoms with Crippen molar-refractivity contribution in [3.8, 4) is 41.8 Å². The standard InChI is InChI=1S/C31H35N3O5S.C31H35N3O4S.C26H31N3O4S.C25H29N3O4S/c1-19(2)27(33-15-23-6-4-5-7-24(23)29(33)37)30(38)34-16-31(39,17-35)14-25(34)26(36)13-10-21-8-11-22(12-9-21)28-20(3)32-18-40-28;1-19(2)27(33-16-23-7-5-6-8-24(23)29(33)36)30(37)34-17-31(4,38)15-25(34)26(35)14-11-21-9-12-22(13-10-21)28-20(3)32-18-39-28;1-15(2)24(23-11-16(3)28-33-23)26(32)29-13-20(30)12-21(29)22(31)10-7-18-5-8-19(9-6-18)25-17(4)27-14-34-25;1-4-20(23-11-15(2)27-32-23)25(31)28-13-19(29)12-21(28)22(30)10-7-17-5-8-18(9-6-17)24-16(3)26-14-33-24/h4-9,11-12,18-19,25,27,35,39H,10,13-17H2,1-3H3;5-10,12-13,18-19,25,27,38H,11,14-17H2,1-4H3;5-6,8-9,11,14-15,20-21,24,30H,7,10,12-13H2,1-4H3;5-6,8-9,11,14,19-21,29H,4,7,10,12-13H2,1-3H3/t25-,27-,31-;25-,27-,31+;20-,21+,24-;19-,20?,21+/m0011/s1. The summed E-state index contributed by atoms with van der Waals surface area (Å²) in [6.07, 6.45) is 3.16. The highest BCUT2D eigenvalue weighted by Crippen LogP contribution is 2.41. The van der Waals surface area contributed by atoms with Crippen LogP contribution >= 0.6 is 45.3 Å². The molecule has 0 aliphatic carbocycles. The van der Waals surface area contributed by atoms with Crippen molar-refractivity contribution in [3.05, 3.63) is 270 Å². The van der Waals surface area contributed by atoms with Crippen LogP contribution in [-0.2, 0) is 77.1 Å². The number of aliphatic hydroxyl groups excluding tert-OH is 3. The summed E-state index contributed by atoms with van der Waals surface area (Å²) in [5.74, 6) is -2.12. The van der Waals surface area contributed by atoms with Crippen LogP contribution in [0.25, 0.3) is 41.8 Å². The van der Waals surface area contributed by atoms with E-state index in [4.69, 9.17) is 9.05 Å². The minimum atomic E-state index is -1.57. The van der Waals surface area contributed by atoms with E-state index < -0.39 is 78.1 Å². The maximum absolute atomic E-state index is 14.0. The summed E-state index contributed by atoms with van der Waals surface area (Å²) in [5.41, 5.74) is 21.6. The molecule has 29 nitrogen and oxygen atoms in total. The Kier molecular flexibility index (Phi) is 34.8. The number of aromatic nitrogens is 6. The largest absolute Gasteiger partial charge is 0.393 e. The van der Waals surface area contributed by atoms with Crippen LogP contribution < -0.4 is 0 Å². The number of β-amino-alcohol motifs (C(OH)–C–C–N with tert-alkyl or cyclic N) is 4. The Labute approximate surface area is 867 Å². The van der Waals surface area contributed by atoms with Crippen LogP contribution in [0.2, 0.25) is 0 Å². The molecular formula is C113H130N12O17S4. The zero-order valence-corrected chi connectivity index (χ0v) is 88.4. The first-order chi connectivity index (χ1) is 69.8. The summed E-state index contributed by atoms with van der Waals surface area (Å²) in [5, 5.41) is 60.1. The van der Waals surface area contributed by atoms with Gasteiger partial charge in [-0.15, -0.1) is 45.3 Å². The van der Waals surface area contributed by atoms with Crippen molar-refractivity contribution < 1.29 is 82.5 Å². The molecular weight excluding hydrogens is 1930 g/mol. The number of nitrogens with zero attached hydrogens (tertiary/aromatic N) is 12. The molecule has 18 rings (SSSR count). The molecule has 4 saturated heterocycles. The van der Waals surface area contributed by atoms with Crippen molar-refractivity contribution in [2.45, 2.75) is 265 Å². The fourth-order valence-electron chi connectivity index (χ4n) is 20.8. The number of rotatable bonds is 33. The number of aryl methyl sites for hydroxylation is 10. The quantitative estimate of drug-likeness (QED) is 0.0255. The first-order valence-electron chi connectivity index (χ1n) is 50.1. The number of amides is 6. The molecule has 0 saturated carbocycles. The molecule has 5 N–H and O–H groups in total. The van der Waals surface area contributed by atoms with Gasteiger partial charge in [-0.25, -0.2) is 19.9 Å². The fourth-order valence-corrected chi connectivity index (χ4v) is 24.1. The zero-order chi connectivity index (χ0) is 104. The molecule has 0 radical (unpaired) electrons. The average molecular weight is 2060 g/mol. The normalized spacial score (nSPS) is 20.3. The number of fused-ring (bicyclic) bond motifs is 2. The third-order valence-electron chi connectivity index (χ3n) is 28.6. The Bertz CT molecular complexity index is 6660. The minimum absolute atomic E-state index is 0.0223. The van der Waals surface area contributed by atoms with Crippen LogP contribution in [0, 0.1) is 59.3 Å². The summed E-state index contributed by atoms with van der Waals surface area (Å²) in [4.78, 5) is 165. The van der Waals surface area contributed by atoms with Crippen LogP contribution in [0.1, 0.15) is 225 Å². The molecule has 0 bridgehead atoms. The van der Waals surface area contributed by atoms with Gasteiger partial charge in [-0.2, -0.15) is 0 Å². The van der Waals surface area contributed by atoms with Gasteiger partial charge in [-0.3, -0.25) is 47.9 Å². The van der Waals surface area contributed by atoms with Gasteiger partial charge >= 0.3 is 0 Å². The summed E-state index contributed by atoms with van der Waals surface area (Å²) < 4.78 is 10.7. The van der Waals surface area contributed by atoms with E-state index in [0.29, 0.717) is 92.1 Å². The van der Waals surface area contributed by atoms with Gasteiger partial charge in [-0.1, -0.05) is 192 Å². The number of hydrogen-bond donors (Lipinski definition) is 5. The second-order valence-corrected chi connectivity index (χ2v) is 44.2. The Balaban J connectivity index is 0.000000147. The van der Waals surface area contributed by atoms with Crippen molar-refractivity contribution >= 4 is 104 Å². The number of benzene rings is 6. The summed E-state index contributed by atoms with van der Waals surface area (Å²) in [7, 11) is 0. The minimum Gasteiger partial charge on any atom is -0.393 e. The lowest BCUT2D eigenvalue weighted by Gasteiger charge is -2.35. The van der Waals surface area contributed by atoms with Gasteiger partial charge in [0.1, 0.15) is 35.1 Å². The number of ketones is 4. The predicted molar refractivity (Wildman–Crippen MR) is 561 cm³/mol. The van der Waals surface area contributed by atoms with Gasteiger partial charge in [0.25, 0.3) is 11.8 Å². The molecule has 6 aromatic carbocycles. The molecule has 6 aliphatic rings. The maximum Gasteiger partial charge on any atom is 0.255 e. The number of hydrogen-bond acceptors (Lipinski definition) is 27. The van der Waals surface area contributed by atoms with Crippen molar-refractivity contribution in [2.75, 3.05) is 32.8 Å². The van der Waals surface area contributed by atoms with E-state index in [1.54, 1.807) is 104 Å². The molecule has 768 valence electrons. The number of likely N-dealkylation sites (tertiary alicyclic amines) is 4. The lowest BCUT2D eigenvalue weighted by Crippen LogP contribution is -2.54. The van der Waals surface area contributed by atoms with Crippen LogP contribution in [0.4, 0.5) is 0 Å². The van der Waals surface area contributed by atoms with Crippen molar-refractivity contribution in [2.24, 2.45) is 17.8 Å². The molecule has 12 heterocycles. The Hall–Kier alpha value is -12.4. The zero-order valence-electron chi connectivity index (χ0n) is 85.1.